The SMILES string of the molecule is C[CH]C1CCC(N(Cc2ccccc2)Cc2ccccc2)CC1. The first kappa shape index (κ1) is 16.3. The van der Waals surface area contributed by atoms with Gasteiger partial charge in [-0.2, -0.15) is 0 Å². The Balaban J connectivity index is 1.70. The zero-order valence-electron chi connectivity index (χ0n) is 14.2. The highest BCUT2D eigenvalue weighted by Gasteiger charge is 2.25. The molecule has 0 saturated heterocycles. The molecule has 0 atom stereocenters. The highest BCUT2D eigenvalue weighted by molar-refractivity contribution is 5.17. The molecule has 3 rings (SSSR count). The fourth-order valence-electron chi connectivity index (χ4n) is 3.75. The first-order valence-electron chi connectivity index (χ1n) is 8.96. The lowest BCUT2D eigenvalue weighted by molar-refractivity contribution is 0.127. The zero-order valence-corrected chi connectivity index (χ0v) is 14.2. The highest BCUT2D eigenvalue weighted by atomic mass is 15.2. The summed E-state index contributed by atoms with van der Waals surface area (Å²) in [4.78, 5) is 2.69. The third kappa shape index (κ3) is 4.68. The van der Waals surface area contributed by atoms with E-state index in [9.17, 15) is 0 Å². The van der Waals surface area contributed by atoms with Crippen LogP contribution in [-0.4, -0.2) is 10.9 Å². The molecule has 1 nitrogen and oxygen atoms in total. The summed E-state index contributed by atoms with van der Waals surface area (Å²) < 4.78 is 0. The van der Waals surface area contributed by atoms with Gasteiger partial charge in [-0.05, 0) is 49.1 Å². The minimum absolute atomic E-state index is 0.714. The molecule has 1 aliphatic rings. The van der Waals surface area contributed by atoms with E-state index < -0.39 is 0 Å². The topological polar surface area (TPSA) is 3.24 Å². The predicted molar refractivity (Wildman–Crippen MR) is 97.9 cm³/mol. The molecule has 0 aliphatic heterocycles. The van der Waals surface area contributed by atoms with Gasteiger partial charge in [0.15, 0.2) is 0 Å². The summed E-state index contributed by atoms with van der Waals surface area (Å²) in [6, 6.07) is 22.5. The zero-order chi connectivity index (χ0) is 15.9. The molecule has 2 aromatic carbocycles. The molecule has 0 spiro atoms. The minimum Gasteiger partial charge on any atom is -0.292 e. The normalized spacial score (nSPS) is 21.5. The third-order valence-corrected chi connectivity index (χ3v) is 5.19. The van der Waals surface area contributed by atoms with Gasteiger partial charge in [0.1, 0.15) is 0 Å². The Morgan fingerprint density at radius 2 is 1.26 bits per heavy atom. The number of rotatable bonds is 6. The quantitative estimate of drug-likeness (QED) is 0.684. The van der Waals surface area contributed by atoms with Crippen molar-refractivity contribution in [2.24, 2.45) is 5.92 Å². The maximum absolute atomic E-state index is 2.69. The fraction of sp³-hybridized carbons (Fsp3) is 0.409. The molecular formula is C22H28N. The average molecular weight is 306 g/mol. The lowest BCUT2D eigenvalue weighted by Gasteiger charge is -2.37. The van der Waals surface area contributed by atoms with Crippen LogP contribution in [0.5, 0.6) is 0 Å². The summed E-state index contributed by atoms with van der Waals surface area (Å²) in [6.45, 7) is 4.33. The number of nitrogens with zero attached hydrogens (tertiary/aromatic N) is 1. The third-order valence-electron chi connectivity index (χ3n) is 5.19. The van der Waals surface area contributed by atoms with Crippen LogP contribution >= 0.6 is 0 Å². The molecule has 0 unspecified atom stereocenters. The molecule has 0 N–H and O–H groups in total. The molecule has 121 valence electrons. The Labute approximate surface area is 141 Å². The second-order valence-electron chi connectivity index (χ2n) is 6.78. The van der Waals surface area contributed by atoms with E-state index in [0.29, 0.717) is 6.04 Å². The monoisotopic (exact) mass is 306 g/mol. The van der Waals surface area contributed by atoms with Crippen LogP contribution in [0, 0.1) is 12.3 Å². The molecule has 1 radical (unpaired) electrons. The molecule has 1 heteroatoms. The van der Waals surface area contributed by atoms with Crippen LogP contribution < -0.4 is 0 Å². The summed E-state index contributed by atoms with van der Waals surface area (Å²) in [5, 5.41) is 0. The van der Waals surface area contributed by atoms with Crippen LogP contribution in [0.15, 0.2) is 60.7 Å². The standard InChI is InChI=1S/C22H28N/c1-2-19-13-15-22(16-14-19)23(17-20-9-5-3-6-10-20)18-21-11-7-4-8-12-21/h2-12,19,22H,13-18H2,1H3. The van der Waals surface area contributed by atoms with Crippen LogP contribution in [0.3, 0.4) is 0 Å². The van der Waals surface area contributed by atoms with Crippen LogP contribution in [0.4, 0.5) is 0 Å². The molecule has 2 aromatic rings. The van der Waals surface area contributed by atoms with Crippen molar-refractivity contribution < 1.29 is 0 Å². The molecule has 1 aliphatic carbocycles. The van der Waals surface area contributed by atoms with Gasteiger partial charge in [0, 0.05) is 19.1 Å². The fourth-order valence-corrected chi connectivity index (χ4v) is 3.75. The molecule has 0 amide bonds. The van der Waals surface area contributed by atoms with Gasteiger partial charge >= 0.3 is 0 Å². The van der Waals surface area contributed by atoms with Gasteiger partial charge in [-0.3, -0.25) is 4.90 Å². The Kier molecular flexibility index (Phi) is 5.87. The largest absolute Gasteiger partial charge is 0.292 e. The average Bonchev–Trinajstić information content (AvgIpc) is 2.63. The van der Waals surface area contributed by atoms with Crippen molar-refractivity contribution >= 4 is 0 Å². The first-order chi connectivity index (χ1) is 11.3. The van der Waals surface area contributed by atoms with Crippen molar-refractivity contribution in [3.8, 4) is 0 Å². The van der Waals surface area contributed by atoms with Crippen molar-refractivity contribution in [1.82, 2.24) is 4.90 Å². The summed E-state index contributed by atoms with van der Waals surface area (Å²) in [5.74, 6) is 0.835. The summed E-state index contributed by atoms with van der Waals surface area (Å²) in [7, 11) is 0. The number of hydrogen-bond acceptors (Lipinski definition) is 1. The van der Waals surface area contributed by atoms with E-state index in [1.54, 1.807) is 0 Å². The summed E-state index contributed by atoms with van der Waals surface area (Å²) in [6.07, 6.45) is 7.75. The van der Waals surface area contributed by atoms with E-state index in [-0.39, 0.29) is 0 Å². The van der Waals surface area contributed by atoms with Crippen molar-refractivity contribution in [3.05, 3.63) is 78.2 Å². The molecule has 23 heavy (non-hydrogen) atoms. The van der Waals surface area contributed by atoms with E-state index in [1.807, 2.05) is 0 Å². The van der Waals surface area contributed by atoms with Gasteiger partial charge in [0.25, 0.3) is 0 Å². The molecule has 0 aromatic heterocycles. The van der Waals surface area contributed by atoms with Crippen molar-refractivity contribution in [3.63, 3.8) is 0 Å². The Hall–Kier alpha value is -1.60. The first-order valence-corrected chi connectivity index (χ1v) is 8.96. The minimum atomic E-state index is 0.714. The van der Waals surface area contributed by atoms with E-state index >= 15 is 0 Å². The predicted octanol–water partition coefficient (Wildman–Crippen LogP) is 5.47. The van der Waals surface area contributed by atoms with Gasteiger partial charge in [-0.15, -0.1) is 0 Å². The molecular weight excluding hydrogens is 278 g/mol. The van der Waals surface area contributed by atoms with Crippen LogP contribution in [0.1, 0.15) is 43.7 Å². The summed E-state index contributed by atoms with van der Waals surface area (Å²) >= 11 is 0. The van der Waals surface area contributed by atoms with E-state index in [2.05, 4.69) is 78.9 Å². The van der Waals surface area contributed by atoms with Crippen molar-refractivity contribution in [2.45, 2.75) is 51.7 Å². The van der Waals surface area contributed by atoms with Gasteiger partial charge < -0.3 is 0 Å². The maximum atomic E-state index is 2.69. The summed E-state index contributed by atoms with van der Waals surface area (Å²) in [5.41, 5.74) is 2.85. The number of benzene rings is 2. The smallest absolute Gasteiger partial charge is 0.0240 e. The van der Waals surface area contributed by atoms with Crippen LogP contribution in [0.25, 0.3) is 0 Å². The van der Waals surface area contributed by atoms with Crippen molar-refractivity contribution in [1.29, 1.82) is 0 Å². The maximum Gasteiger partial charge on any atom is 0.0240 e. The molecule has 0 bridgehead atoms. The Morgan fingerprint density at radius 1 is 0.783 bits per heavy atom. The van der Waals surface area contributed by atoms with Gasteiger partial charge in [0.05, 0.1) is 0 Å². The van der Waals surface area contributed by atoms with Crippen molar-refractivity contribution in [2.75, 3.05) is 0 Å². The molecule has 1 saturated carbocycles. The van der Waals surface area contributed by atoms with E-state index in [1.165, 1.54) is 36.8 Å². The molecule has 1 fully saturated rings. The van der Waals surface area contributed by atoms with Gasteiger partial charge in [0.2, 0.25) is 0 Å². The van der Waals surface area contributed by atoms with Gasteiger partial charge in [-0.25, -0.2) is 0 Å². The van der Waals surface area contributed by atoms with Crippen LogP contribution in [0.2, 0.25) is 0 Å². The highest BCUT2D eigenvalue weighted by Crippen LogP contribution is 2.30. The lowest BCUT2D eigenvalue weighted by Crippen LogP contribution is -2.37. The van der Waals surface area contributed by atoms with E-state index in [0.717, 1.165) is 19.0 Å². The lowest BCUT2D eigenvalue weighted by atomic mass is 9.83. The van der Waals surface area contributed by atoms with Crippen LogP contribution in [-0.2, 0) is 13.1 Å². The molecule has 0 heterocycles. The Bertz CT molecular complexity index is 514. The second kappa shape index (κ2) is 8.31. The Morgan fingerprint density at radius 3 is 1.70 bits per heavy atom. The van der Waals surface area contributed by atoms with Gasteiger partial charge in [-0.1, -0.05) is 67.6 Å². The van der Waals surface area contributed by atoms with E-state index in [4.69, 9.17) is 0 Å². The number of hydrogen-bond donors (Lipinski definition) is 0. The second-order valence-corrected chi connectivity index (χ2v) is 6.78.